The van der Waals surface area contributed by atoms with Gasteiger partial charge in [0.25, 0.3) is 0 Å². The molecule has 0 aliphatic carbocycles. The Morgan fingerprint density at radius 2 is 2.38 bits per heavy atom. The quantitative estimate of drug-likeness (QED) is 0.649. The van der Waals surface area contributed by atoms with Gasteiger partial charge in [-0.1, -0.05) is 5.16 Å². The molecule has 0 amide bonds. The summed E-state index contributed by atoms with van der Waals surface area (Å²) in [5.41, 5.74) is 0. The summed E-state index contributed by atoms with van der Waals surface area (Å²) in [7, 11) is 1.84. The van der Waals surface area contributed by atoms with Gasteiger partial charge in [-0.05, 0) is 14.0 Å². The van der Waals surface area contributed by atoms with E-state index in [2.05, 4.69) is 15.5 Å². The topological polar surface area (TPSA) is 60.2 Å². The maximum Gasteiger partial charge on any atom is 0.240 e. The Labute approximate surface area is 77.5 Å². The molecule has 5 heteroatoms. The Kier molecular flexibility index (Phi) is 4.42. The van der Waals surface area contributed by atoms with E-state index in [1.165, 1.54) is 0 Å². The van der Waals surface area contributed by atoms with Gasteiger partial charge in [0.1, 0.15) is 0 Å². The van der Waals surface area contributed by atoms with E-state index < -0.39 is 0 Å². The second-order valence-electron chi connectivity index (χ2n) is 2.58. The molecule has 0 unspecified atom stereocenters. The van der Waals surface area contributed by atoms with Crippen LogP contribution < -0.4 is 5.32 Å². The highest BCUT2D eigenvalue weighted by atomic mass is 16.5. The van der Waals surface area contributed by atoms with Crippen molar-refractivity contribution >= 4 is 0 Å². The molecule has 1 aromatic rings. The van der Waals surface area contributed by atoms with Gasteiger partial charge in [0.05, 0.1) is 13.2 Å². The molecule has 0 bridgehead atoms. The first-order valence-corrected chi connectivity index (χ1v) is 4.40. The molecule has 1 heterocycles. The van der Waals surface area contributed by atoms with Gasteiger partial charge < -0.3 is 14.6 Å². The lowest BCUT2D eigenvalue weighted by Crippen LogP contribution is -2.05. The molecule has 0 aliphatic rings. The standard InChI is InChI=1S/C8H15N3O2/c1-3-12-5-4-7-10-8(6-9-2)13-11-7/h9H,3-6H2,1-2H3. The third kappa shape index (κ3) is 3.52. The minimum Gasteiger partial charge on any atom is -0.381 e. The van der Waals surface area contributed by atoms with E-state index in [9.17, 15) is 0 Å². The first-order chi connectivity index (χ1) is 6.36. The van der Waals surface area contributed by atoms with Crippen LogP contribution in [0.4, 0.5) is 0 Å². The smallest absolute Gasteiger partial charge is 0.240 e. The molecule has 0 radical (unpaired) electrons. The van der Waals surface area contributed by atoms with Gasteiger partial charge in [-0.2, -0.15) is 4.98 Å². The number of nitrogens with one attached hydrogen (secondary N) is 1. The van der Waals surface area contributed by atoms with Gasteiger partial charge in [0.2, 0.25) is 5.89 Å². The van der Waals surface area contributed by atoms with E-state index in [0.717, 1.165) is 6.61 Å². The van der Waals surface area contributed by atoms with E-state index in [-0.39, 0.29) is 0 Å². The fourth-order valence-corrected chi connectivity index (χ4v) is 0.923. The van der Waals surface area contributed by atoms with Crippen LogP contribution in [0.1, 0.15) is 18.6 Å². The summed E-state index contributed by atoms with van der Waals surface area (Å²) >= 11 is 0. The minimum absolute atomic E-state index is 0.613. The first-order valence-electron chi connectivity index (χ1n) is 4.40. The van der Waals surface area contributed by atoms with Crippen molar-refractivity contribution < 1.29 is 9.26 Å². The van der Waals surface area contributed by atoms with Crippen LogP contribution in [0.25, 0.3) is 0 Å². The molecule has 1 aromatic heterocycles. The van der Waals surface area contributed by atoms with Crippen molar-refractivity contribution in [2.45, 2.75) is 19.9 Å². The van der Waals surface area contributed by atoms with Crippen LogP contribution in [0, 0.1) is 0 Å². The molecule has 0 aliphatic heterocycles. The zero-order valence-corrected chi connectivity index (χ0v) is 8.04. The molecule has 1 rings (SSSR count). The highest BCUT2D eigenvalue weighted by Gasteiger charge is 2.03. The third-order valence-electron chi connectivity index (χ3n) is 1.51. The molecule has 5 nitrogen and oxygen atoms in total. The third-order valence-corrected chi connectivity index (χ3v) is 1.51. The highest BCUT2D eigenvalue weighted by molar-refractivity contribution is 4.85. The molecule has 0 fully saturated rings. The summed E-state index contributed by atoms with van der Waals surface area (Å²) in [6.07, 6.45) is 0.709. The van der Waals surface area contributed by atoms with Crippen LogP contribution in [-0.2, 0) is 17.7 Å². The average Bonchev–Trinajstić information content (AvgIpc) is 2.54. The van der Waals surface area contributed by atoms with Gasteiger partial charge in [0, 0.05) is 13.0 Å². The fourth-order valence-electron chi connectivity index (χ4n) is 0.923. The summed E-state index contributed by atoms with van der Waals surface area (Å²) < 4.78 is 10.1. The summed E-state index contributed by atoms with van der Waals surface area (Å²) in [5, 5.41) is 6.74. The summed E-state index contributed by atoms with van der Waals surface area (Å²) in [4.78, 5) is 4.15. The van der Waals surface area contributed by atoms with Crippen molar-refractivity contribution in [3.63, 3.8) is 0 Å². The highest BCUT2D eigenvalue weighted by Crippen LogP contribution is 1.97. The fraction of sp³-hybridized carbons (Fsp3) is 0.750. The normalized spacial score (nSPS) is 10.6. The average molecular weight is 185 g/mol. The molecule has 0 spiro atoms. The number of nitrogens with zero attached hydrogens (tertiary/aromatic N) is 2. The van der Waals surface area contributed by atoms with Crippen molar-refractivity contribution in [1.82, 2.24) is 15.5 Å². The lowest BCUT2D eigenvalue weighted by atomic mass is 10.4. The van der Waals surface area contributed by atoms with Gasteiger partial charge >= 0.3 is 0 Å². The van der Waals surface area contributed by atoms with E-state index in [1.54, 1.807) is 0 Å². The number of hydrogen-bond donors (Lipinski definition) is 1. The Morgan fingerprint density at radius 3 is 3.08 bits per heavy atom. The summed E-state index contributed by atoms with van der Waals surface area (Å²) in [6, 6.07) is 0. The zero-order valence-electron chi connectivity index (χ0n) is 8.04. The Hall–Kier alpha value is -0.940. The van der Waals surface area contributed by atoms with Gasteiger partial charge in [-0.15, -0.1) is 0 Å². The van der Waals surface area contributed by atoms with Crippen molar-refractivity contribution in [3.8, 4) is 0 Å². The van der Waals surface area contributed by atoms with Crippen molar-refractivity contribution in [2.75, 3.05) is 20.3 Å². The Morgan fingerprint density at radius 1 is 1.54 bits per heavy atom. The van der Waals surface area contributed by atoms with E-state index in [4.69, 9.17) is 9.26 Å². The lowest BCUT2D eigenvalue weighted by Gasteiger charge is -1.94. The second-order valence-corrected chi connectivity index (χ2v) is 2.58. The first kappa shape index (κ1) is 10.1. The van der Waals surface area contributed by atoms with Gasteiger partial charge in [-0.25, -0.2) is 0 Å². The predicted molar refractivity (Wildman–Crippen MR) is 47.3 cm³/mol. The Balaban J connectivity index is 2.31. The van der Waals surface area contributed by atoms with Crippen LogP contribution >= 0.6 is 0 Å². The molecule has 0 saturated carbocycles. The molecule has 0 aromatic carbocycles. The van der Waals surface area contributed by atoms with E-state index >= 15 is 0 Å². The number of rotatable bonds is 6. The minimum atomic E-state index is 0.613. The second kappa shape index (κ2) is 5.66. The van der Waals surface area contributed by atoms with Crippen molar-refractivity contribution in [3.05, 3.63) is 11.7 Å². The largest absolute Gasteiger partial charge is 0.381 e. The molecule has 1 N–H and O–H groups in total. The van der Waals surface area contributed by atoms with Crippen LogP contribution in [0.2, 0.25) is 0 Å². The SMILES string of the molecule is CCOCCc1noc(CNC)n1. The van der Waals surface area contributed by atoms with Crippen LogP contribution in [-0.4, -0.2) is 30.4 Å². The molecular formula is C8H15N3O2. The predicted octanol–water partition coefficient (Wildman–Crippen LogP) is 0.368. The molecule has 74 valence electrons. The summed E-state index contributed by atoms with van der Waals surface area (Å²) in [5.74, 6) is 1.33. The molecule has 0 atom stereocenters. The number of ether oxygens (including phenoxy) is 1. The maximum absolute atomic E-state index is 5.17. The Bertz CT molecular complexity index is 237. The molecule has 13 heavy (non-hydrogen) atoms. The van der Waals surface area contributed by atoms with Crippen LogP contribution in [0.3, 0.4) is 0 Å². The summed E-state index contributed by atoms with van der Waals surface area (Å²) in [6.45, 7) is 3.94. The number of hydrogen-bond acceptors (Lipinski definition) is 5. The van der Waals surface area contributed by atoms with E-state index in [0.29, 0.717) is 31.3 Å². The number of aromatic nitrogens is 2. The lowest BCUT2D eigenvalue weighted by molar-refractivity contribution is 0.149. The van der Waals surface area contributed by atoms with E-state index in [1.807, 2.05) is 14.0 Å². The van der Waals surface area contributed by atoms with Crippen LogP contribution in [0.5, 0.6) is 0 Å². The molecule has 0 saturated heterocycles. The maximum atomic E-state index is 5.17. The van der Waals surface area contributed by atoms with Crippen LogP contribution in [0.15, 0.2) is 4.52 Å². The monoisotopic (exact) mass is 185 g/mol. The molecular weight excluding hydrogens is 170 g/mol. The van der Waals surface area contributed by atoms with Crippen molar-refractivity contribution in [1.29, 1.82) is 0 Å². The zero-order chi connectivity index (χ0) is 9.52. The van der Waals surface area contributed by atoms with Crippen molar-refractivity contribution in [2.24, 2.45) is 0 Å². The van der Waals surface area contributed by atoms with Gasteiger partial charge in [-0.3, -0.25) is 0 Å². The van der Waals surface area contributed by atoms with Gasteiger partial charge in [0.15, 0.2) is 5.82 Å².